The van der Waals surface area contributed by atoms with Gasteiger partial charge in [-0.25, -0.2) is 14.3 Å². The lowest BCUT2D eigenvalue weighted by molar-refractivity contribution is -0.384. The smallest absolute Gasteiger partial charge is 0.266 e. The quantitative estimate of drug-likeness (QED) is 0.272. The number of benzene rings is 3. The number of amides is 2. The van der Waals surface area contributed by atoms with Gasteiger partial charge in [0.05, 0.1) is 16.3 Å². The van der Waals surface area contributed by atoms with Gasteiger partial charge in [0.2, 0.25) is 5.82 Å². The third-order valence-corrected chi connectivity index (χ3v) is 5.26. The Balaban J connectivity index is 1.32. The summed E-state index contributed by atoms with van der Waals surface area (Å²) in [5.41, 5.74) is 6.34. The predicted octanol–water partition coefficient (Wildman–Crippen LogP) is 3.10. The fourth-order valence-electron chi connectivity index (χ4n) is 3.50. The van der Waals surface area contributed by atoms with Crippen LogP contribution in [0.25, 0.3) is 22.8 Å². The normalized spacial score (nSPS) is 10.6. The highest BCUT2D eigenvalue weighted by Crippen LogP contribution is 2.21. The first-order valence-corrected chi connectivity index (χ1v) is 11.0. The average Bonchev–Trinajstić information content (AvgIpc) is 3.61. The summed E-state index contributed by atoms with van der Waals surface area (Å²) in [6, 6.07) is 25.7. The molecule has 0 spiro atoms. The molecule has 3 aromatic carbocycles. The molecule has 2 heterocycles. The summed E-state index contributed by atoms with van der Waals surface area (Å²) in [4.78, 5) is 40.2. The first kappa shape index (κ1) is 23.1. The summed E-state index contributed by atoms with van der Waals surface area (Å²) in [6.45, 7) is 0. The molecule has 0 bridgehead atoms. The summed E-state index contributed by atoms with van der Waals surface area (Å²) >= 11 is 0. The molecule has 0 aliphatic heterocycles. The number of aromatic nitrogens is 5. The van der Waals surface area contributed by atoms with E-state index in [9.17, 15) is 19.7 Å². The van der Waals surface area contributed by atoms with Crippen molar-refractivity contribution < 1.29 is 14.5 Å². The van der Waals surface area contributed by atoms with Crippen molar-refractivity contribution in [2.75, 3.05) is 0 Å². The topological polar surface area (TPSA) is 150 Å². The number of carbonyl (C=O) groups is 2. The number of hydrogen-bond donors (Lipinski definition) is 2. The van der Waals surface area contributed by atoms with Crippen LogP contribution in [0, 0.1) is 10.1 Å². The molecular formula is C25H18N8O4. The number of hydrazine groups is 1. The number of para-hydroxylation sites is 1. The van der Waals surface area contributed by atoms with Gasteiger partial charge in [-0.05, 0) is 24.3 Å². The number of non-ortho nitro benzene ring substituents is 1. The maximum absolute atomic E-state index is 12.8. The Morgan fingerprint density at radius 2 is 1.46 bits per heavy atom. The summed E-state index contributed by atoms with van der Waals surface area (Å²) in [6.07, 6.45) is 1.48. The molecule has 12 nitrogen and oxygen atoms in total. The van der Waals surface area contributed by atoms with Crippen molar-refractivity contribution in [3.05, 3.63) is 119 Å². The van der Waals surface area contributed by atoms with Crippen LogP contribution in [0.15, 0.2) is 97.2 Å². The van der Waals surface area contributed by atoms with Gasteiger partial charge in [0, 0.05) is 23.9 Å². The number of nitro benzene ring substituents is 1. The number of nitro groups is 1. The summed E-state index contributed by atoms with van der Waals surface area (Å²) in [7, 11) is 0. The van der Waals surface area contributed by atoms with Crippen molar-refractivity contribution in [3.8, 4) is 22.8 Å². The zero-order valence-electron chi connectivity index (χ0n) is 19.1. The Hall–Kier alpha value is -5.65. The molecule has 0 aliphatic rings. The molecule has 5 rings (SSSR count). The van der Waals surface area contributed by atoms with Gasteiger partial charge >= 0.3 is 5.91 Å². The lowest BCUT2D eigenvalue weighted by Gasteiger charge is -2.05. The highest BCUT2D eigenvalue weighted by Gasteiger charge is 2.20. The van der Waals surface area contributed by atoms with Crippen LogP contribution in [0.3, 0.4) is 0 Å². The maximum Gasteiger partial charge on any atom is 0.309 e. The molecule has 0 aliphatic carbocycles. The van der Waals surface area contributed by atoms with E-state index in [-0.39, 0.29) is 17.2 Å². The SMILES string of the molecule is O=C(NNC(=O)c1nc(-c2ccccc2)n(-c2ccccc2)n1)c1ccn(-c2cccc([N+](=O)[O-])c2)n1. The van der Waals surface area contributed by atoms with Gasteiger partial charge in [0.1, 0.15) is 0 Å². The third-order valence-electron chi connectivity index (χ3n) is 5.26. The van der Waals surface area contributed by atoms with Gasteiger partial charge in [-0.1, -0.05) is 54.6 Å². The Labute approximate surface area is 209 Å². The second kappa shape index (κ2) is 9.92. The molecule has 2 amide bonds. The van der Waals surface area contributed by atoms with Crippen molar-refractivity contribution in [1.82, 2.24) is 35.4 Å². The van der Waals surface area contributed by atoms with Crippen molar-refractivity contribution in [3.63, 3.8) is 0 Å². The van der Waals surface area contributed by atoms with Gasteiger partial charge < -0.3 is 0 Å². The van der Waals surface area contributed by atoms with E-state index in [1.807, 2.05) is 60.7 Å². The summed E-state index contributed by atoms with van der Waals surface area (Å²) in [5, 5.41) is 19.5. The van der Waals surface area contributed by atoms with Gasteiger partial charge in [0.25, 0.3) is 11.6 Å². The molecule has 0 atom stereocenters. The second-order valence-electron chi connectivity index (χ2n) is 7.70. The molecule has 0 saturated carbocycles. The first-order chi connectivity index (χ1) is 18.0. The zero-order valence-corrected chi connectivity index (χ0v) is 19.1. The summed E-state index contributed by atoms with van der Waals surface area (Å²) in [5.74, 6) is -1.11. The zero-order chi connectivity index (χ0) is 25.8. The van der Waals surface area contributed by atoms with Crippen LogP contribution in [0.5, 0.6) is 0 Å². The molecule has 2 N–H and O–H groups in total. The molecule has 5 aromatic rings. The number of carbonyl (C=O) groups excluding carboxylic acids is 2. The maximum atomic E-state index is 12.8. The number of hydrogen-bond acceptors (Lipinski definition) is 7. The second-order valence-corrected chi connectivity index (χ2v) is 7.70. The number of rotatable bonds is 6. The first-order valence-electron chi connectivity index (χ1n) is 11.0. The standard InChI is InChI=1S/C25H18N8O4/c34-24(21-14-15-31(29-21)19-12-7-13-20(16-19)33(36)37)27-28-25(35)22-26-23(17-8-3-1-4-9-17)32(30-22)18-10-5-2-6-11-18/h1-16H,(H,27,34)(H,28,35). The van der Waals surface area contributed by atoms with E-state index in [0.29, 0.717) is 17.2 Å². The van der Waals surface area contributed by atoms with Crippen molar-refractivity contribution >= 4 is 17.5 Å². The van der Waals surface area contributed by atoms with Gasteiger partial charge in [-0.2, -0.15) is 5.10 Å². The Morgan fingerprint density at radius 3 is 2.19 bits per heavy atom. The van der Waals surface area contributed by atoms with E-state index in [0.717, 1.165) is 5.56 Å². The molecular weight excluding hydrogens is 476 g/mol. The minimum Gasteiger partial charge on any atom is -0.266 e. The number of nitrogens with one attached hydrogen (secondary N) is 2. The fraction of sp³-hybridized carbons (Fsp3) is 0. The van der Waals surface area contributed by atoms with Crippen LogP contribution in [0.2, 0.25) is 0 Å². The molecule has 182 valence electrons. The van der Waals surface area contributed by atoms with Crippen LogP contribution in [-0.4, -0.2) is 41.3 Å². The molecule has 0 radical (unpaired) electrons. The monoisotopic (exact) mass is 494 g/mol. The Kier molecular flexibility index (Phi) is 6.19. The molecule has 12 heteroatoms. The molecule has 2 aromatic heterocycles. The molecule has 0 saturated heterocycles. The van der Waals surface area contributed by atoms with E-state index >= 15 is 0 Å². The lowest BCUT2D eigenvalue weighted by atomic mass is 10.2. The van der Waals surface area contributed by atoms with Gasteiger partial charge in [-0.15, -0.1) is 5.10 Å². The largest absolute Gasteiger partial charge is 0.309 e. The Bertz CT molecular complexity index is 1540. The minimum atomic E-state index is -0.724. The van der Waals surface area contributed by atoms with Crippen LogP contribution in [-0.2, 0) is 0 Å². The van der Waals surface area contributed by atoms with Crippen LogP contribution in [0.4, 0.5) is 5.69 Å². The fourth-order valence-corrected chi connectivity index (χ4v) is 3.50. The van der Waals surface area contributed by atoms with E-state index in [2.05, 4.69) is 26.0 Å². The van der Waals surface area contributed by atoms with Crippen LogP contribution < -0.4 is 10.9 Å². The average molecular weight is 494 g/mol. The summed E-state index contributed by atoms with van der Waals surface area (Å²) < 4.78 is 2.87. The molecule has 0 fully saturated rings. The van der Waals surface area contributed by atoms with Gasteiger partial charge in [-0.3, -0.25) is 30.6 Å². The van der Waals surface area contributed by atoms with E-state index in [4.69, 9.17) is 0 Å². The highest BCUT2D eigenvalue weighted by molar-refractivity contribution is 5.96. The van der Waals surface area contributed by atoms with Crippen LogP contribution in [0.1, 0.15) is 21.1 Å². The van der Waals surface area contributed by atoms with Crippen molar-refractivity contribution in [2.45, 2.75) is 0 Å². The van der Waals surface area contributed by atoms with Crippen molar-refractivity contribution in [2.24, 2.45) is 0 Å². The third kappa shape index (κ3) is 4.93. The molecule has 0 unspecified atom stereocenters. The van der Waals surface area contributed by atoms with E-state index in [1.165, 1.54) is 35.1 Å². The van der Waals surface area contributed by atoms with E-state index in [1.54, 1.807) is 10.7 Å². The number of nitrogens with zero attached hydrogens (tertiary/aromatic N) is 6. The van der Waals surface area contributed by atoms with Gasteiger partial charge in [0.15, 0.2) is 11.5 Å². The van der Waals surface area contributed by atoms with Crippen molar-refractivity contribution in [1.29, 1.82) is 0 Å². The molecule has 37 heavy (non-hydrogen) atoms. The minimum absolute atomic E-state index is 0.0143. The Morgan fingerprint density at radius 1 is 0.784 bits per heavy atom. The lowest BCUT2D eigenvalue weighted by Crippen LogP contribution is -2.42. The predicted molar refractivity (Wildman–Crippen MR) is 132 cm³/mol. The van der Waals surface area contributed by atoms with E-state index < -0.39 is 16.7 Å². The highest BCUT2D eigenvalue weighted by atomic mass is 16.6. The van der Waals surface area contributed by atoms with Crippen LogP contribution >= 0.6 is 0 Å².